The van der Waals surface area contributed by atoms with Gasteiger partial charge in [0, 0.05) is 20.1 Å². The van der Waals surface area contributed by atoms with Gasteiger partial charge >= 0.3 is 0 Å². The van der Waals surface area contributed by atoms with Crippen LogP contribution in [-0.4, -0.2) is 30.7 Å². The molecule has 0 aromatic carbocycles. The molecule has 0 aromatic heterocycles. The Balaban J connectivity index is 3.45. The van der Waals surface area contributed by atoms with Crippen LogP contribution in [0.3, 0.4) is 0 Å². The van der Waals surface area contributed by atoms with Crippen LogP contribution in [0.1, 0.15) is 26.2 Å². The highest BCUT2D eigenvalue weighted by Crippen LogP contribution is 2.14. The minimum atomic E-state index is -0.847. The summed E-state index contributed by atoms with van der Waals surface area (Å²) in [5.41, 5.74) is -0.847. The van der Waals surface area contributed by atoms with Crippen LogP contribution in [0, 0.1) is 0 Å². The summed E-state index contributed by atoms with van der Waals surface area (Å²) in [6.45, 7) is 2.30. The van der Waals surface area contributed by atoms with Crippen molar-refractivity contribution in [2.75, 3.05) is 13.7 Å². The number of rotatable bonds is 6. The van der Waals surface area contributed by atoms with Gasteiger partial charge in [-0.2, -0.15) is 0 Å². The summed E-state index contributed by atoms with van der Waals surface area (Å²) in [6, 6.07) is 0. The summed E-state index contributed by atoms with van der Waals surface area (Å²) in [7, 11) is 1.62. The molecule has 0 saturated carbocycles. The van der Waals surface area contributed by atoms with Crippen molar-refractivity contribution in [3.8, 4) is 0 Å². The third-order valence-corrected chi connectivity index (χ3v) is 1.59. The van der Waals surface area contributed by atoms with E-state index >= 15 is 0 Å². The van der Waals surface area contributed by atoms with E-state index in [2.05, 4.69) is 0 Å². The maximum atomic E-state index is 10.1. The molecule has 3 nitrogen and oxygen atoms in total. The molecule has 0 aliphatic carbocycles. The zero-order valence-corrected chi connectivity index (χ0v) is 7.17. The molecule has 0 fully saturated rings. The fraction of sp³-hybridized carbons (Fsp3) is 0.875. The Hall–Kier alpha value is -0.410. The lowest BCUT2D eigenvalue weighted by molar-refractivity contribution is -0.112. The van der Waals surface area contributed by atoms with Gasteiger partial charge in [-0.25, -0.2) is 0 Å². The van der Waals surface area contributed by atoms with E-state index in [-0.39, 0.29) is 6.42 Å². The van der Waals surface area contributed by atoms with Crippen LogP contribution < -0.4 is 0 Å². The Kier molecular flexibility index (Phi) is 5.07. The molecule has 66 valence electrons. The number of aliphatic hydroxyl groups is 1. The first kappa shape index (κ1) is 10.6. The number of carbonyl (C=O) groups is 1. The maximum absolute atomic E-state index is 10.1. The first-order valence-electron chi connectivity index (χ1n) is 3.77. The zero-order chi connectivity index (χ0) is 8.74. The fourth-order valence-corrected chi connectivity index (χ4v) is 0.879. The van der Waals surface area contributed by atoms with Gasteiger partial charge in [0.15, 0.2) is 0 Å². The molecule has 0 heterocycles. The van der Waals surface area contributed by atoms with Crippen molar-refractivity contribution in [1.29, 1.82) is 0 Å². The molecule has 11 heavy (non-hydrogen) atoms. The van der Waals surface area contributed by atoms with E-state index in [0.717, 1.165) is 12.7 Å². The fourth-order valence-electron chi connectivity index (χ4n) is 0.879. The Morgan fingerprint density at radius 1 is 1.64 bits per heavy atom. The van der Waals surface area contributed by atoms with E-state index in [9.17, 15) is 9.90 Å². The number of methoxy groups -OCH3 is 1. The summed E-state index contributed by atoms with van der Waals surface area (Å²) in [5, 5.41) is 9.45. The van der Waals surface area contributed by atoms with Crippen molar-refractivity contribution in [2.24, 2.45) is 0 Å². The van der Waals surface area contributed by atoms with E-state index in [1.165, 1.54) is 0 Å². The Morgan fingerprint density at radius 2 is 2.27 bits per heavy atom. The Bertz CT molecular complexity index is 110. The molecule has 0 amide bonds. The number of carbonyl (C=O) groups excluding carboxylic acids is 1. The molecular weight excluding hydrogens is 144 g/mol. The summed E-state index contributed by atoms with van der Waals surface area (Å²) < 4.78 is 4.82. The lowest BCUT2D eigenvalue weighted by Crippen LogP contribution is -2.24. The molecule has 1 atom stereocenters. The quantitative estimate of drug-likeness (QED) is 0.461. The Morgan fingerprint density at radius 3 is 2.73 bits per heavy atom. The zero-order valence-electron chi connectivity index (χ0n) is 7.17. The van der Waals surface area contributed by atoms with Crippen molar-refractivity contribution in [2.45, 2.75) is 31.8 Å². The van der Waals surface area contributed by atoms with Gasteiger partial charge in [0.2, 0.25) is 0 Å². The van der Waals surface area contributed by atoms with Gasteiger partial charge in [0.1, 0.15) is 6.29 Å². The minimum absolute atomic E-state index is 0.205. The summed E-state index contributed by atoms with van der Waals surface area (Å²) >= 11 is 0. The van der Waals surface area contributed by atoms with Crippen LogP contribution in [0.25, 0.3) is 0 Å². The first-order valence-corrected chi connectivity index (χ1v) is 3.77. The molecule has 0 radical (unpaired) electrons. The van der Waals surface area contributed by atoms with E-state index in [1.54, 1.807) is 14.0 Å². The van der Waals surface area contributed by atoms with Gasteiger partial charge in [-0.1, -0.05) is 0 Å². The van der Waals surface area contributed by atoms with Gasteiger partial charge in [0.25, 0.3) is 0 Å². The summed E-state index contributed by atoms with van der Waals surface area (Å²) in [4.78, 5) is 10.1. The van der Waals surface area contributed by atoms with Crippen molar-refractivity contribution in [3.63, 3.8) is 0 Å². The smallest absolute Gasteiger partial charge is 0.122 e. The number of ether oxygens (including phenoxy) is 1. The monoisotopic (exact) mass is 160 g/mol. The standard InChI is InChI=1S/C8H16O3/c1-8(10,5-6-9)4-3-7-11-2/h6,10H,3-5,7H2,1-2H3. The highest BCUT2D eigenvalue weighted by atomic mass is 16.5. The van der Waals surface area contributed by atoms with Gasteiger partial charge in [0.05, 0.1) is 5.60 Å². The highest BCUT2D eigenvalue weighted by Gasteiger charge is 2.18. The SMILES string of the molecule is COCCCC(C)(O)CC=O. The molecule has 0 aliphatic rings. The molecule has 0 saturated heterocycles. The van der Waals surface area contributed by atoms with Crippen LogP contribution in [0.4, 0.5) is 0 Å². The van der Waals surface area contributed by atoms with Crippen molar-refractivity contribution < 1.29 is 14.6 Å². The van der Waals surface area contributed by atoms with Gasteiger partial charge in [-0.3, -0.25) is 0 Å². The second kappa shape index (κ2) is 5.27. The molecule has 0 aliphatic heterocycles. The maximum Gasteiger partial charge on any atom is 0.122 e. The molecule has 1 N–H and O–H groups in total. The van der Waals surface area contributed by atoms with Crippen LogP contribution in [0.15, 0.2) is 0 Å². The molecule has 1 unspecified atom stereocenters. The van der Waals surface area contributed by atoms with E-state index in [0.29, 0.717) is 13.0 Å². The molecule has 0 spiro atoms. The summed E-state index contributed by atoms with van der Waals surface area (Å²) in [5.74, 6) is 0. The lowest BCUT2D eigenvalue weighted by atomic mass is 9.97. The lowest BCUT2D eigenvalue weighted by Gasteiger charge is -2.19. The second-order valence-electron chi connectivity index (χ2n) is 2.96. The van der Waals surface area contributed by atoms with Gasteiger partial charge in [-0.05, 0) is 19.8 Å². The topological polar surface area (TPSA) is 46.5 Å². The molecule has 0 rings (SSSR count). The summed E-state index contributed by atoms with van der Waals surface area (Å²) in [6.07, 6.45) is 2.35. The predicted octanol–water partition coefficient (Wildman–Crippen LogP) is 0.753. The average molecular weight is 160 g/mol. The number of hydrogen-bond donors (Lipinski definition) is 1. The van der Waals surface area contributed by atoms with Crippen LogP contribution in [0.2, 0.25) is 0 Å². The van der Waals surface area contributed by atoms with Gasteiger partial charge < -0.3 is 14.6 Å². The van der Waals surface area contributed by atoms with Crippen molar-refractivity contribution in [1.82, 2.24) is 0 Å². The van der Waals surface area contributed by atoms with Crippen LogP contribution in [0.5, 0.6) is 0 Å². The Labute approximate surface area is 67.4 Å². The van der Waals surface area contributed by atoms with Crippen molar-refractivity contribution >= 4 is 6.29 Å². The predicted molar refractivity (Wildman–Crippen MR) is 42.4 cm³/mol. The largest absolute Gasteiger partial charge is 0.390 e. The van der Waals surface area contributed by atoms with Crippen molar-refractivity contribution in [3.05, 3.63) is 0 Å². The molecule has 3 heteroatoms. The molecule has 0 aromatic rings. The minimum Gasteiger partial charge on any atom is -0.390 e. The third-order valence-electron chi connectivity index (χ3n) is 1.59. The third kappa shape index (κ3) is 6.01. The molecular formula is C8H16O3. The van der Waals surface area contributed by atoms with Gasteiger partial charge in [-0.15, -0.1) is 0 Å². The van der Waals surface area contributed by atoms with Crippen LogP contribution in [-0.2, 0) is 9.53 Å². The number of hydrogen-bond acceptors (Lipinski definition) is 3. The normalized spacial score (nSPS) is 15.9. The van der Waals surface area contributed by atoms with E-state index in [4.69, 9.17) is 4.74 Å². The first-order chi connectivity index (χ1) is 5.12. The molecule has 0 bridgehead atoms. The average Bonchev–Trinajstić information content (AvgIpc) is 1.87. The van der Waals surface area contributed by atoms with E-state index < -0.39 is 5.60 Å². The number of aldehydes is 1. The second-order valence-corrected chi connectivity index (χ2v) is 2.96. The van der Waals surface area contributed by atoms with E-state index in [1.807, 2.05) is 0 Å². The highest BCUT2D eigenvalue weighted by molar-refractivity contribution is 5.51. The van der Waals surface area contributed by atoms with Crippen LogP contribution >= 0.6 is 0 Å².